The standard InChI is InChI=1S/C13H24N2O3/c1-2-15(8-7-12(16)17)13(18)11-5-3-10(9-14)4-6-11/h10-11H,2-9,14H2,1H3,(H,16,17). The Morgan fingerprint density at radius 3 is 2.33 bits per heavy atom. The molecule has 1 aliphatic carbocycles. The quantitative estimate of drug-likeness (QED) is 0.744. The van der Waals surface area contributed by atoms with Crippen molar-refractivity contribution in [2.75, 3.05) is 19.6 Å². The second kappa shape index (κ2) is 7.36. The molecule has 0 aliphatic heterocycles. The number of nitrogens with zero attached hydrogens (tertiary/aromatic N) is 1. The van der Waals surface area contributed by atoms with Crippen molar-refractivity contribution < 1.29 is 14.7 Å². The predicted octanol–water partition coefficient (Wildman–Crippen LogP) is 1.07. The first-order valence-electron chi connectivity index (χ1n) is 6.79. The van der Waals surface area contributed by atoms with Crippen LogP contribution in [0.4, 0.5) is 0 Å². The molecule has 0 aromatic carbocycles. The molecule has 5 nitrogen and oxygen atoms in total. The first-order valence-corrected chi connectivity index (χ1v) is 6.79. The molecular weight excluding hydrogens is 232 g/mol. The van der Waals surface area contributed by atoms with Gasteiger partial charge in [-0.3, -0.25) is 9.59 Å². The molecule has 1 saturated carbocycles. The Morgan fingerprint density at radius 1 is 1.28 bits per heavy atom. The summed E-state index contributed by atoms with van der Waals surface area (Å²) in [6.07, 6.45) is 3.85. The average Bonchev–Trinajstić information content (AvgIpc) is 2.39. The van der Waals surface area contributed by atoms with Crippen LogP contribution in [0.3, 0.4) is 0 Å². The summed E-state index contributed by atoms with van der Waals surface area (Å²) in [5.41, 5.74) is 5.63. The van der Waals surface area contributed by atoms with Gasteiger partial charge in [-0.05, 0) is 45.1 Å². The molecule has 1 aliphatic rings. The fourth-order valence-electron chi connectivity index (χ4n) is 2.56. The zero-order valence-electron chi connectivity index (χ0n) is 11.1. The van der Waals surface area contributed by atoms with Crippen LogP contribution < -0.4 is 5.73 Å². The highest BCUT2D eigenvalue weighted by molar-refractivity contribution is 5.79. The van der Waals surface area contributed by atoms with E-state index in [4.69, 9.17) is 10.8 Å². The topological polar surface area (TPSA) is 83.6 Å². The number of carbonyl (C=O) groups excluding carboxylic acids is 1. The van der Waals surface area contributed by atoms with Crippen LogP contribution in [0.2, 0.25) is 0 Å². The summed E-state index contributed by atoms with van der Waals surface area (Å²) in [4.78, 5) is 24.5. The maximum absolute atomic E-state index is 12.2. The Bertz CT molecular complexity index is 286. The van der Waals surface area contributed by atoms with Gasteiger partial charge in [0.1, 0.15) is 0 Å². The van der Waals surface area contributed by atoms with Crippen LogP contribution in [0.5, 0.6) is 0 Å². The molecule has 0 atom stereocenters. The second-order valence-electron chi connectivity index (χ2n) is 5.01. The van der Waals surface area contributed by atoms with Crippen molar-refractivity contribution in [1.82, 2.24) is 4.90 Å². The van der Waals surface area contributed by atoms with Crippen molar-refractivity contribution >= 4 is 11.9 Å². The number of carboxylic acid groups (broad SMARTS) is 1. The zero-order chi connectivity index (χ0) is 13.5. The number of aliphatic carboxylic acids is 1. The lowest BCUT2D eigenvalue weighted by Crippen LogP contribution is -2.39. The Balaban J connectivity index is 2.44. The third-order valence-corrected chi connectivity index (χ3v) is 3.82. The second-order valence-corrected chi connectivity index (χ2v) is 5.01. The molecule has 0 bridgehead atoms. The lowest BCUT2D eigenvalue weighted by atomic mass is 9.81. The summed E-state index contributed by atoms with van der Waals surface area (Å²) in [5, 5.41) is 8.66. The van der Waals surface area contributed by atoms with Gasteiger partial charge in [0.25, 0.3) is 0 Å². The van der Waals surface area contributed by atoms with E-state index in [9.17, 15) is 9.59 Å². The summed E-state index contributed by atoms with van der Waals surface area (Å²) in [7, 11) is 0. The number of carbonyl (C=O) groups is 2. The van der Waals surface area contributed by atoms with E-state index in [-0.39, 0.29) is 18.2 Å². The zero-order valence-corrected chi connectivity index (χ0v) is 11.1. The summed E-state index contributed by atoms with van der Waals surface area (Å²) in [6.45, 7) is 3.51. The Morgan fingerprint density at radius 2 is 1.89 bits per heavy atom. The van der Waals surface area contributed by atoms with Crippen molar-refractivity contribution in [1.29, 1.82) is 0 Å². The van der Waals surface area contributed by atoms with Crippen LogP contribution in [0.25, 0.3) is 0 Å². The number of amides is 1. The van der Waals surface area contributed by atoms with Crippen LogP contribution in [0.1, 0.15) is 39.0 Å². The molecule has 1 amide bonds. The van der Waals surface area contributed by atoms with Crippen molar-refractivity contribution in [2.45, 2.75) is 39.0 Å². The van der Waals surface area contributed by atoms with Gasteiger partial charge >= 0.3 is 5.97 Å². The van der Waals surface area contributed by atoms with Gasteiger partial charge in [0, 0.05) is 19.0 Å². The minimum Gasteiger partial charge on any atom is -0.481 e. The summed E-state index contributed by atoms with van der Waals surface area (Å²) < 4.78 is 0. The van der Waals surface area contributed by atoms with E-state index in [0.29, 0.717) is 25.6 Å². The van der Waals surface area contributed by atoms with E-state index in [1.165, 1.54) is 0 Å². The largest absolute Gasteiger partial charge is 0.481 e. The molecule has 0 unspecified atom stereocenters. The van der Waals surface area contributed by atoms with Gasteiger partial charge in [-0.2, -0.15) is 0 Å². The van der Waals surface area contributed by atoms with E-state index >= 15 is 0 Å². The smallest absolute Gasteiger partial charge is 0.305 e. The first kappa shape index (κ1) is 15.0. The normalized spacial score (nSPS) is 23.7. The van der Waals surface area contributed by atoms with Crippen molar-refractivity contribution in [3.63, 3.8) is 0 Å². The number of hydrogen-bond donors (Lipinski definition) is 2. The molecule has 0 aromatic heterocycles. The highest BCUT2D eigenvalue weighted by Gasteiger charge is 2.28. The summed E-state index contributed by atoms with van der Waals surface area (Å²) in [6, 6.07) is 0. The highest BCUT2D eigenvalue weighted by Crippen LogP contribution is 2.29. The van der Waals surface area contributed by atoms with Gasteiger partial charge in [-0.1, -0.05) is 0 Å². The first-order chi connectivity index (χ1) is 8.58. The molecule has 1 fully saturated rings. The minimum absolute atomic E-state index is 0.0255. The summed E-state index contributed by atoms with van der Waals surface area (Å²) >= 11 is 0. The fourth-order valence-corrected chi connectivity index (χ4v) is 2.56. The van der Waals surface area contributed by atoms with Gasteiger partial charge in [0.15, 0.2) is 0 Å². The SMILES string of the molecule is CCN(CCC(=O)O)C(=O)C1CCC(CN)CC1. The Labute approximate surface area is 108 Å². The molecule has 0 spiro atoms. The van der Waals surface area contributed by atoms with Gasteiger partial charge in [0.2, 0.25) is 5.91 Å². The van der Waals surface area contributed by atoms with Crippen LogP contribution >= 0.6 is 0 Å². The summed E-state index contributed by atoms with van der Waals surface area (Å²) in [5.74, 6) is -0.105. The highest BCUT2D eigenvalue weighted by atomic mass is 16.4. The Kier molecular flexibility index (Phi) is 6.12. The third-order valence-electron chi connectivity index (χ3n) is 3.82. The molecule has 1 rings (SSSR count). The van der Waals surface area contributed by atoms with Crippen LogP contribution in [-0.4, -0.2) is 41.5 Å². The lowest BCUT2D eigenvalue weighted by molar-refractivity contribution is -0.140. The predicted molar refractivity (Wildman–Crippen MR) is 69.0 cm³/mol. The van der Waals surface area contributed by atoms with Crippen molar-refractivity contribution in [3.8, 4) is 0 Å². The average molecular weight is 256 g/mol. The van der Waals surface area contributed by atoms with E-state index in [2.05, 4.69) is 0 Å². The van der Waals surface area contributed by atoms with Gasteiger partial charge in [-0.15, -0.1) is 0 Å². The van der Waals surface area contributed by atoms with Gasteiger partial charge < -0.3 is 15.7 Å². The van der Waals surface area contributed by atoms with Crippen LogP contribution in [0, 0.1) is 11.8 Å². The fraction of sp³-hybridized carbons (Fsp3) is 0.846. The number of hydrogen-bond acceptors (Lipinski definition) is 3. The molecule has 0 saturated heterocycles. The monoisotopic (exact) mass is 256 g/mol. The molecule has 18 heavy (non-hydrogen) atoms. The third kappa shape index (κ3) is 4.29. The van der Waals surface area contributed by atoms with Gasteiger partial charge in [0.05, 0.1) is 6.42 Å². The van der Waals surface area contributed by atoms with Crippen molar-refractivity contribution in [3.05, 3.63) is 0 Å². The molecule has 0 radical (unpaired) electrons. The van der Waals surface area contributed by atoms with E-state index in [1.807, 2.05) is 6.92 Å². The number of carboxylic acids is 1. The molecule has 0 heterocycles. The Hall–Kier alpha value is -1.10. The molecule has 3 N–H and O–H groups in total. The maximum atomic E-state index is 12.2. The number of rotatable bonds is 6. The number of nitrogens with two attached hydrogens (primary N) is 1. The van der Waals surface area contributed by atoms with Crippen LogP contribution in [0.15, 0.2) is 0 Å². The van der Waals surface area contributed by atoms with Crippen molar-refractivity contribution in [2.24, 2.45) is 17.6 Å². The lowest BCUT2D eigenvalue weighted by Gasteiger charge is -2.31. The van der Waals surface area contributed by atoms with Gasteiger partial charge in [-0.25, -0.2) is 0 Å². The maximum Gasteiger partial charge on any atom is 0.305 e. The van der Waals surface area contributed by atoms with E-state index in [1.54, 1.807) is 4.90 Å². The van der Waals surface area contributed by atoms with Crippen LogP contribution in [-0.2, 0) is 9.59 Å². The molecule has 5 heteroatoms. The van der Waals surface area contributed by atoms with E-state index in [0.717, 1.165) is 25.7 Å². The molecular formula is C13H24N2O3. The minimum atomic E-state index is -0.854. The molecule has 0 aromatic rings. The molecule has 104 valence electrons. The van der Waals surface area contributed by atoms with E-state index < -0.39 is 5.97 Å².